The van der Waals surface area contributed by atoms with Crippen molar-refractivity contribution in [2.45, 2.75) is 41.5 Å². The predicted molar refractivity (Wildman–Crippen MR) is 85.2 cm³/mol. The van der Waals surface area contributed by atoms with Gasteiger partial charge in [0.15, 0.2) is 0 Å². The Labute approximate surface area is 129 Å². The van der Waals surface area contributed by atoms with E-state index in [2.05, 4.69) is 27.7 Å². The van der Waals surface area contributed by atoms with Crippen LogP contribution in [0.15, 0.2) is 0 Å². The number of hydrogen-bond donors (Lipinski definition) is 1. The summed E-state index contributed by atoms with van der Waals surface area (Å²) in [6.07, 6.45) is 0. The summed E-state index contributed by atoms with van der Waals surface area (Å²) in [4.78, 5) is 27.0. The van der Waals surface area contributed by atoms with Crippen LogP contribution in [0.3, 0.4) is 0 Å². The summed E-state index contributed by atoms with van der Waals surface area (Å²) in [5.74, 6) is 0.291. The third-order valence-electron chi connectivity index (χ3n) is 2.86. The maximum atomic E-state index is 12.5. The molecule has 1 amide bonds. The zero-order valence-corrected chi connectivity index (χ0v) is 14.4. The number of aliphatic carboxylic acids is 1. The molecule has 0 heterocycles. The average molecular weight is 300 g/mol. The minimum atomic E-state index is -0.886. The fourth-order valence-electron chi connectivity index (χ4n) is 2.34. The summed E-state index contributed by atoms with van der Waals surface area (Å²) < 4.78 is 0. The molecule has 0 saturated heterocycles. The number of rotatable bonds is 10. The van der Waals surface area contributed by atoms with Gasteiger partial charge in [-0.25, -0.2) is 0 Å². The zero-order chi connectivity index (χ0) is 16.6. The Morgan fingerprint density at radius 3 is 1.57 bits per heavy atom. The minimum Gasteiger partial charge on any atom is -0.480 e. The van der Waals surface area contributed by atoms with E-state index in [-0.39, 0.29) is 19.0 Å². The van der Waals surface area contributed by atoms with E-state index in [0.717, 1.165) is 13.1 Å². The van der Waals surface area contributed by atoms with Crippen molar-refractivity contribution in [3.05, 3.63) is 0 Å². The Morgan fingerprint density at radius 2 is 1.24 bits per heavy atom. The fourth-order valence-corrected chi connectivity index (χ4v) is 2.34. The Hall–Kier alpha value is -1.10. The quantitative estimate of drug-likeness (QED) is 0.672. The van der Waals surface area contributed by atoms with Crippen LogP contribution < -0.4 is 0 Å². The largest absolute Gasteiger partial charge is 0.480 e. The first-order chi connectivity index (χ1) is 9.61. The lowest BCUT2D eigenvalue weighted by Crippen LogP contribution is -2.45. The van der Waals surface area contributed by atoms with Crippen molar-refractivity contribution >= 4 is 11.9 Å². The normalized spacial score (nSPS) is 11.7. The topological polar surface area (TPSA) is 60.9 Å². The number of carboxylic acid groups (broad SMARTS) is 1. The van der Waals surface area contributed by atoms with Crippen LogP contribution in [0, 0.1) is 17.8 Å². The molecule has 0 saturated carbocycles. The van der Waals surface area contributed by atoms with Gasteiger partial charge in [0.2, 0.25) is 5.91 Å². The van der Waals surface area contributed by atoms with Crippen LogP contribution in [0.2, 0.25) is 0 Å². The van der Waals surface area contributed by atoms with Crippen molar-refractivity contribution in [3.8, 4) is 0 Å². The van der Waals surface area contributed by atoms with Gasteiger partial charge in [-0.05, 0) is 17.8 Å². The van der Waals surface area contributed by atoms with E-state index in [4.69, 9.17) is 5.11 Å². The van der Waals surface area contributed by atoms with E-state index in [1.165, 1.54) is 0 Å². The molecule has 0 spiro atoms. The SMILES string of the molecule is CC(C)CN(CC(=O)O)CC(=O)N(CC(C)C)CC(C)C. The molecule has 0 radical (unpaired) electrons. The molecule has 21 heavy (non-hydrogen) atoms. The lowest BCUT2D eigenvalue weighted by atomic mass is 10.1. The van der Waals surface area contributed by atoms with Crippen molar-refractivity contribution < 1.29 is 14.7 Å². The van der Waals surface area contributed by atoms with Crippen LogP contribution in [0.4, 0.5) is 0 Å². The molecule has 0 aromatic heterocycles. The van der Waals surface area contributed by atoms with Crippen LogP contribution >= 0.6 is 0 Å². The van der Waals surface area contributed by atoms with Gasteiger partial charge < -0.3 is 10.0 Å². The van der Waals surface area contributed by atoms with E-state index in [1.54, 1.807) is 4.90 Å². The first-order valence-electron chi connectivity index (χ1n) is 7.83. The standard InChI is InChI=1S/C16H32N2O3/c1-12(2)7-17(11-16(20)21)10-15(19)18(8-13(3)4)9-14(5)6/h12-14H,7-11H2,1-6H3,(H,20,21). The van der Waals surface area contributed by atoms with Crippen molar-refractivity contribution in [3.63, 3.8) is 0 Å². The third-order valence-corrected chi connectivity index (χ3v) is 2.86. The third kappa shape index (κ3) is 10.3. The summed E-state index contributed by atoms with van der Waals surface area (Å²) >= 11 is 0. The molecule has 124 valence electrons. The number of nitrogens with zero attached hydrogens (tertiary/aromatic N) is 2. The van der Waals surface area contributed by atoms with Crippen LogP contribution in [-0.4, -0.2) is 59.5 Å². The molecular formula is C16H32N2O3. The van der Waals surface area contributed by atoms with Crippen molar-refractivity contribution in [2.75, 3.05) is 32.7 Å². The van der Waals surface area contributed by atoms with Gasteiger partial charge in [0.1, 0.15) is 0 Å². The monoisotopic (exact) mass is 300 g/mol. The lowest BCUT2D eigenvalue weighted by Gasteiger charge is -2.30. The van der Waals surface area contributed by atoms with E-state index in [1.807, 2.05) is 18.7 Å². The summed E-state index contributed by atoms with van der Waals surface area (Å²) in [6, 6.07) is 0. The molecule has 0 aliphatic carbocycles. The second kappa shape index (κ2) is 9.77. The van der Waals surface area contributed by atoms with Gasteiger partial charge in [-0.3, -0.25) is 14.5 Å². The Balaban J connectivity index is 4.74. The molecule has 0 rings (SSSR count). The van der Waals surface area contributed by atoms with Crippen LogP contribution in [0.25, 0.3) is 0 Å². The van der Waals surface area contributed by atoms with Crippen molar-refractivity contribution in [2.24, 2.45) is 17.8 Å². The van der Waals surface area contributed by atoms with Crippen LogP contribution in [0.5, 0.6) is 0 Å². The molecule has 0 aromatic carbocycles. The van der Waals surface area contributed by atoms with Gasteiger partial charge in [-0.15, -0.1) is 0 Å². The molecule has 0 bridgehead atoms. The zero-order valence-electron chi connectivity index (χ0n) is 14.4. The highest BCUT2D eigenvalue weighted by Gasteiger charge is 2.21. The summed E-state index contributed by atoms with van der Waals surface area (Å²) in [7, 11) is 0. The van der Waals surface area contributed by atoms with E-state index in [0.29, 0.717) is 24.3 Å². The molecular weight excluding hydrogens is 268 g/mol. The molecule has 0 aliphatic rings. The summed E-state index contributed by atoms with van der Waals surface area (Å²) in [6.45, 7) is 14.6. The maximum absolute atomic E-state index is 12.5. The Kier molecular flexibility index (Phi) is 9.26. The highest BCUT2D eigenvalue weighted by atomic mass is 16.4. The second-order valence-electron chi connectivity index (χ2n) is 7.04. The molecule has 5 nitrogen and oxygen atoms in total. The molecule has 0 fully saturated rings. The van der Waals surface area contributed by atoms with Gasteiger partial charge in [-0.1, -0.05) is 41.5 Å². The van der Waals surface area contributed by atoms with Crippen molar-refractivity contribution in [1.29, 1.82) is 0 Å². The van der Waals surface area contributed by atoms with Gasteiger partial charge in [0.05, 0.1) is 13.1 Å². The van der Waals surface area contributed by atoms with Gasteiger partial charge >= 0.3 is 5.97 Å². The molecule has 1 N–H and O–H groups in total. The number of hydrogen-bond acceptors (Lipinski definition) is 3. The fraction of sp³-hybridized carbons (Fsp3) is 0.875. The number of carbonyl (C=O) groups excluding carboxylic acids is 1. The summed E-state index contributed by atoms with van der Waals surface area (Å²) in [5, 5.41) is 8.97. The first-order valence-corrected chi connectivity index (χ1v) is 7.83. The Morgan fingerprint density at radius 1 is 0.810 bits per heavy atom. The molecule has 0 unspecified atom stereocenters. The molecule has 5 heteroatoms. The molecule has 0 aromatic rings. The predicted octanol–water partition coefficient (Wildman–Crippen LogP) is 2.17. The van der Waals surface area contributed by atoms with E-state index < -0.39 is 5.97 Å². The second-order valence-corrected chi connectivity index (χ2v) is 7.04. The number of amides is 1. The van der Waals surface area contributed by atoms with Crippen LogP contribution in [0.1, 0.15) is 41.5 Å². The number of carbonyl (C=O) groups is 2. The minimum absolute atomic E-state index is 0.0271. The summed E-state index contributed by atoms with van der Waals surface area (Å²) in [5.41, 5.74) is 0. The first kappa shape index (κ1) is 19.9. The van der Waals surface area contributed by atoms with Crippen molar-refractivity contribution in [1.82, 2.24) is 9.80 Å². The van der Waals surface area contributed by atoms with E-state index in [9.17, 15) is 9.59 Å². The van der Waals surface area contributed by atoms with Crippen LogP contribution in [-0.2, 0) is 9.59 Å². The Bertz CT molecular complexity index is 317. The maximum Gasteiger partial charge on any atom is 0.317 e. The van der Waals surface area contributed by atoms with Gasteiger partial charge in [0, 0.05) is 19.6 Å². The van der Waals surface area contributed by atoms with E-state index >= 15 is 0 Å². The average Bonchev–Trinajstić information content (AvgIpc) is 2.24. The number of carboxylic acids is 1. The highest BCUT2D eigenvalue weighted by Crippen LogP contribution is 2.06. The van der Waals surface area contributed by atoms with Gasteiger partial charge in [-0.2, -0.15) is 0 Å². The molecule has 0 atom stereocenters. The van der Waals surface area contributed by atoms with Gasteiger partial charge in [0.25, 0.3) is 0 Å². The smallest absolute Gasteiger partial charge is 0.317 e. The molecule has 0 aliphatic heterocycles. The lowest BCUT2D eigenvalue weighted by molar-refractivity contribution is -0.140. The highest BCUT2D eigenvalue weighted by molar-refractivity contribution is 5.79.